The number of nitrogens with zero attached hydrogens (tertiary/aromatic N) is 2. The number of hydrogen-bond donors (Lipinski definition) is 1. The largest absolute Gasteiger partial charge is 0.411 e. The van der Waals surface area contributed by atoms with E-state index in [1.807, 2.05) is 31.2 Å². The normalized spacial score (nSPS) is 15.2. The van der Waals surface area contributed by atoms with E-state index in [9.17, 15) is 4.79 Å². The minimum atomic E-state index is 0.165. The molecule has 6 heteroatoms. The maximum Gasteiger partial charge on any atom is 0.276 e. The average Bonchev–Trinajstić information content (AvgIpc) is 3.09. The Hall–Kier alpha value is -1.82. The van der Waals surface area contributed by atoms with Gasteiger partial charge in [0.2, 0.25) is 11.8 Å². The number of hydrogen-bond acceptors (Lipinski definition) is 5. The van der Waals surface area contributed by atoms with Crippen molar-refractivity contribution >= 4 is 17.7 Å². The van der Waals surface area contributed by atoms with Gasteiger partial charge in [-0.25, -0.2) is 0 Å². The van der Waals surface area contributed by atoms with Gasteiger partial charge in [0.25, 0.3) is 5.22 Å². The van der Waals surface area contributed by atoms with E-state index < -0.39 is 0 Å². The Morgan fingerprint density at radius 1 is 1.20 bits per heavy atom. The van der Waals surface area contributed by atoms with E-state index in [2.05, 4.69) is 15.5 Å². The highest BCUT2D eigenvalue weighted by molar-refractivity contribution is 7.99. The van der Waals surface area contributed by atoms with Crippen LogP contribution in [0.15, 0.2) is 33.9 Å². The van der Waals surface area contributed by atoms with E-state index in [1.54, 1.807) is 0 Å². The lowest BCUT2D eigenvalue weighted by Gasteiger charge is -2.22. The highest BCUT2D eigenvalue weighted by Crippen LogP contribution is 2.24. The van der Waals surface area contributed by atoms with E-state index >= 15 is 0 Å². The van der Waals surface area contributed by atoms with Crippen molar-refractivity contribution < 1.29 is 9.21 Å². The monoisotopic (exact) mass is 359 g/mol. The second kappa shape index (κ2) is 9.04. The molecule has 0 saturated heterocycles. The molecule has 0 radical (unpaired) electrons. The first-order chi connectivity index (χ1) is 12.2. The lowest BCUT2D eigenvalue weighted by molar-refractivity contribution is -0.122. The Bertz CT molecular complexity index is 678. The Balaban J connectivity index is 1.37. The minimum absolute atomic E-state index is 0.165. The van der Waals surface area contributed by atoms with Gasteiger partial charge in [0.15, 0.2) is 0 Å². The topological polar surface area (TPSA) is 68.0 Å². The van der Waals surface area contributed by atoms with Gasteiger partial charge in [-0.1, -0.05) is 48.7 Å². The summed E-state index contributed by atoms with van der Waals surface area (Å²) in [5.41, 5.74) is 2.13. The maximum atomic E-state index is 12.0. The highest BCUT2D eigenvalue weighted by Gasteiger charge is 2.15. The van der Waals surface area contributed by atoms with Crippen LogP contribution in [0.1, 0.15) is 50.5 Å². The van der Waals surface area contributed by atoms with Crippen LogP contribution in [0.2, 0.25) is 0 Å². The van der Waals surface area contributed by atoms with Gasteiger partial charge in [0.1, 0.15) is 0 Å². The van der Waals surface area contributed by atoms with E-state index in [-0.39, 0.29) is 5.91 Å². The number of aryl methyl sites for hydroxylation is 1. The van der Waals surface area contributed by atoms with Crippen molar-refractivity contribution in [1.82, 2.24) is 15.5 Å². The molecular formula is C19H25N3O2S. The standard InChI is InChI=1S/C19H25N3O2S/c1-14-9-11-15(12-10-14)18-21-22-19(24-18)25-13-5-8-17(23)20-16-6-3-2-4-7-16/h9-12,16H,2-8,13H2,1H3,(H,20,23). The molecule has 1 heterocycles. The fourth-order valence-electron chi connectivity index (χ4n) is 3.02. The zero-order chi connectivity index (χ0) is 17.5. The minimum Gasteiger partial charge on any atom is -0.411 e. The molecule has 1 saturated carbocycles. The maximum absolute atomic E-state index is 12.0. The summed E-state index contributed by atoms with van der Waals surface area (Å²) < 4.78 is 5.68. The van der Waals surface area contributed by atoms with E-state index in [1.165, 1.54) is 36.6 Å². The number of amides is 1. The first-order valence-electron chi connectivity index (χ1n) is 9.03. The molecule has 1 fully saturated rings. The lowest BCUT2D eigenvalue weighted by atomic mass is 9.95. The van der Waals surface area contributed by atoms with Gasteiger partial charge < -0.3 is 9.73 Å². The molecule has 1 aliphatic carbocycles. The van der Waals surface area contributed by atoms with Crippen LogP contribution in [0.4, 0.5) is 0 Å². The van der Waals surface area contributed by atoms with Crippen LogP contribution in [-0.2, 0) is 4.79 Å². The predicted molar refractivity (Wildman–Crippen MR) is 99.4 cm³/mol. The molecule has 0 atom stereocenters. The van der Waals surface area contributed by atoms with Crippen molar-refractivity contribution in [3.8, 4) is 11.5 Å². The summed E-state index contributed by atoms with van der Waals surface area (Å²) in [6, 6.07) is 8.40. The molecule has 25 heavy (non-hydrogen) atoms. The molecule has 0 bridgehead atoms. The first kappa shape index (κ1) is 18.0. The predicted octanol–water partition coefficient (Wildman–Crippen LogP) is 4.37. The van der Waals surface area contributed by atoms with Gasteiger partial charge in [-0.2, -0.15) is 0 Å². The van der Waals surface area contributed by atoms with E-state index in [0.29, 0.717) is 23.6 Å². The summed E-state index contributed by atoms with van der Waals surface area (Å²) in [5, 5.41) is 11.9. The van der Waals surface area contributed by atoms with E-state index in [0.717, 1.165) is 30.6 Å². The molecule has 134 valence electrons. The molecule has 0 unspecified atom stereocenters. The van der Waals surface area contributed by atoms with Crippen LogP contribution >= 0.6 is 11.8 Å². The first-order valence-corrected chi connectivity index (χ1v) is 10.0. The van der Waals surface area contributed by atoms with Gasteiger partial charge in [0.05, 0.1) is 0 Å². The van der Waals surface area contributed by atoms with Gasteiger partial charge in [-0.05, 0) is 38.3 Å². The third kappa shape index (κ3) is 5.59. The molecule has 0 spiro atoms. The molecule has 5 nitrogen and oxygen atoms in total. The quantitative estimate of drug-likeness (QED) is 0.587. The molecule has 1 N–H and O–H groups in total. The second-order valence-electron chi connectivity index (χ2n) is 6.59. The number of thioether (sulfide) groups is 1. The van der Waals surface area contributed by atoms with Crippen molar-refractivity contribution in [2.45, 2.75) is 63.1 Å². The number of benzene rings is 1. The number of carbonyl (C=O) groups is 1. The Kier molecular flexibility index (Phi) is 6.50. The van der Waals surface area contributed by atoms with Crippen molar-refractivity contribution in [3.63, 3.8) is 0 Å². The van der Waals surface area contributed by atoms with Crippen molar-refractivity contribution in [3.05, 3.63) is 29.8 Å². The Morgan fingerprint density at radius 3 is 2.72 bits per heavy atom. The lowest BCUT2D eigenvalue weighted by Crippen LogP contribution is -2.36. The average molecular weight is 359 g/mol. The SMILES string of the molecule is Cc1ccc(-c2nnc(SCCCC(=O)NC3CCCCC3)o2)cc1. The third-order valence-electron chi connectivity index (χ3n) is 4.45. The number of carbonyl (C=O) groups excluding carboxylic acids is 1. The Morgan fingerprint density at radius 2 is 1.96 bits per heavy atom. The van der Waals surface area contributed by atoms with Crippen molar-refractivity contribution in [1.29, 1.82) is 0 Å². The fourth-order valence-corrected chi connectivity index (χ4v) is 3.72. The summed E-state index contributed by atoms with van der Waals surface area (Å²) in [5.74, 6) is 1.50. The van der Waals surface area contributed by atoms with Gasteiger partial charge in [-0.3, -0.25) is 4.79 Å². The van der Waals surface area contributed by atoms with Gasteiger partial charge >= 0.3 is 0 Å². The molecular weight excluding hydrogens is 334 g/mol. The highest BCUT2D eigenvalue weighted by atomic mass is 32.2. The van der Waals surface area contributed by atoms with Crippen LogP contribution in [0.25, 0.3) is 11.5 Å². The Labute approximate surface area is 153 Å². The zero-order valence-corrected chi connectivity index (χ0v) is 15.5. The number of rotatable bonds is 7. The van der Waals surface area contributed by atoms with Crippen LogP contribution in [-0.4, -0.2) is 27.9 Å². The molecule has 1 amide bonds. The number of aromatic nitrogens is 2. The number of nitrogens with one attached hydrogen (secondary N) is 1. The van der Waals surface area contributed by atoms with Crippen LogP contribution in [0.5, 0.6) is 0 Å². The van der Waals surface area contributed by atoms with Gasteiger partial charge in [0, 0.05) is 23.8 Å². The summed E-state index contributed by atoms with van der Waals surface area (Å²) in [6.45, 7) is 2.04. The molecule has 2 aromatic rings. The van der Waals surface area contributed by atoms with E-state index in [4.69, 9.17) is 4.42 Å². The molecule has 1 aromatic heterocycles. The third-order valence-corrected chi connectivity index (χ3v) is 5.35. The summed E-state index contributed by atoms with van der Waals surface area (Å²) in [7, 11) is 0. The second-order valence-corrected chi connectivity index (χ2v) is 7.64. The summed E-state index contributed by atoms with van der Waals surface area (Å²) in [4.78, 5) is 12.0. The van der Waals surface area contributed by atoms with Crippen molar-refractivity contribution in [2.75, 3.05) is 5.75 Å². The van der Waals surface area contributed by atoms with Crippen LogP contribution in [0.3, 0.4) is 0 Å². The molecule has 1 aromatic carbocycles. The summed E-state index contributed by atoms with van der Waals surface area (Å²) in [6.07, 6.45) is 7.41. The zero-order valence-electron chi connectivity index (χ0n) is 14.7. The fraction of sp³-hybridized carbons (Fsp3) is 0.526. The summed E-state index contributed by atoms with van der Waals surface area (Å²) >= 11 is 1.51. The van der Waals surface area contributed by atoms with Crippen molar-refractivity contribution in [2.24, 2.45) is 0 Å². The van der Waals surface area contributed by atoms with Crippen LogP contribution < -0.4 is 5.32 Å². The van der Waals surface area contributed by atoms with Crippen LogP contribution in [0, 0.1) is 6.92 Å². The van der Waals surface area contributed by atoms with Gasteiger partial charge in [-0.15, -0.1) is 10.2 Å². The smallest absolute Gasteiger partial charge is 0.276 e. The molecule has 1 aliphatic rings. The molecule has 0 aliphatic heterocycles. The molecule has 3 rings (SSSR count).